The number of hydrogen-bond acceptors (Lipinski definition) is 5. The lowest BCUT2D eigenvalue weighted by Gasteiger charge is -2.25. The molecule has 0 fully saturated rings. The molecule has 5 nitrogen and oxygen atoms in total. The SMILES string of the molecule is CCCC(C)N(C)c1cncc(NN)n1. The average molecular weight is 209 g/mol. The Balaban J connectivity index is 2.76. The van der Waals surface area contributed by atoms with E-state index >= 15 is 0 Å². The van der Waals surface area contributed by atoms with Crippen LogP contribution in [-0.4, -0.2) is 23.1 Å². The number of rotatable bonds is 5. The zero-order valence-electron chi connectivity index (χ0n) is 9.57. The van der Waals surface area contributed by atoms with Gasteiger partial charge in [-0.1, -0.05) is 13.3 Å². The average Bonchev–Trinajstić information content (AvgIpc) is 2.28. The lowest BCUT2D eigenvalue weighted by Crippen LogP contribution is -2.29. The Morgan fingerprint density at radius 3 is 2.87 bits per heavy atom. The molecule has 5 heteroatoms. The standard InChI is InChI=1S/C10H19N5/c1-4-5-8(2)15(3)10-7-12-6-9(13-10)14-11/h6-8H,4-5,11H2,1-3H3,(H,13,14). The van der Waals surface area contributed by atoms with Crippen molar-refractivity contribution in [1.29, 1.82) is 0 Å². The van der Waals surface area contributed by atoms with E-state index in [9.17, 15) is 0 Å². The third kappa shape index (κ3) is 3.06. The fraction of sp³-hybridized carbons (Fsp3) is 0.600. The fourth-order valence-corrected chi connectivity index (χ4v) is 1.43. The first-order chi connectivity index (χ1) is 7.19. The summed E-state index contributed by atoms with van der Waals surface area (Å²) >= 11 is 0. The maximum Gasteiger partial charge on any atom is 0.160 e. The van der Waals surface area contributed by atoms with Crippen LogP contribution >= 0.6 is 0 Å². The smallest absolute Gasteiger partial charge is 0.160 e. The van der Waals surface area contributed by atoms with Crippen molar-refractivity contribution in [3.05, 3.63) is 12.4 Å². The molecule has 0 bridgehead atoms. The van der Waals surface area contributed by atoms with Crippen LogP contribution in [0, 0.1) is 0 Å². The third-order valence-corrected chi connectivity index (χ3v) is 2.50. The van der Waals surface area contributed by atoms with E-state index in [0.717, 1.165) is 18.7 Å². The van der Waals surface area contributed by atoms with Crippen LogP contribution in [0.15, 0.2) is 12.4 Å². The Hall–Kier alpha value is -1.36. The fourth-order valence-electron chi connectivity index (χ4n) is 1.43. The van der Waals surface area contributed by atoms with Gasteiger partial charge in [-0.2, -0.15) is 0 Å². The number of nitrogens with zero attached hydrogens (tertiary/aromatic N) is 3. The lowest BCUT2D eigenvalue weighted by molar-refractivity contribution is 0.610. The Labute approximate surface area is 90.7 Å². The van der Waals surface area contributed by atoms with Crippen LogP contribution in [0.4, 0.5) is 11.6 Å². The number of nitrogens with one attached hydrogen (secondary N) is 1. The molecule has 0 aliphatic carbocycles. The highest BCUT2D eigenvalue weighted by molar-refractivity contribution is 5.43. The van der Waals surface area contributed by atoms with Crippen LogP contribution in [0.3, 0.4) is 0 Å². The van der Waals surface area contributed by atoms with Gasteiger partial charge in [-0.15, -0.1) is 0 Å². The molecule has 15 heavy (non-hydrogen) atoms. The van der Waals surface area contributed by atoms with Gasteiger partial charge in [0.2, 0.25) is 0 Å². The number of hydrazine groups is 1. The zero-order chi connectivity index (χ0) is 11.3. The normalized spacial score (nSPS) is 12.3. The highest BCUT2D eigenvalue weighted by Gasteiger charge is 2.10. The van der Waals surface area contributed by atoms with E-state index in [2.05, 4.69) is 34.1 Å². The highest BCUT2D eigenvalue weighted by atomic mass is 15.3. The number of hydrogen-bond donors (Lipinski definition) is 2. The first-order valence-corrected chi connectivity index (χ1v) is 5.20. The zero-order valence-corrected chi connectivity index (χ0v) is 9.57. The molecule has 84 valence electrons. The molecule has 0 amide bonds. The van der Waals surface area contributed by atoms with Crippen molar-refractivity contribution < 1.29 is 0 Å². The first-order valence-electron chi connectivity index (χ1n) is 5.20. The first kappa shape index (κ1) is 11.7. The number of anilines is 2. The van der Waals surface area contributed by atoms with Gasteiger partial charge in [-0.25, -0.2) is 10.8 Å². The summed E-state index contributed by atoms with van der Waals surface area (Å²) in [6, 6.07) is 0.456. The minimum absolute atomic E-state index is 0.456. The molecule has 0 aromatic carbocycles. The van der Waals surface area contributed by atoms with Crippen molar-refractivity contribution in [2.45, 2.75) is 32.7 Å². The summed E-state index contributed by atoms with van der Waals surface area (Å²) in [4.78, 5) is 10.5. The molecule has 1 heterocycles. The molecule has 0 saturated heterocycles. The van der Waals surface area contributed by atoms with Gasteiger partial charge >= 0.3 is 0 Å². The van der Waals surface area contributed by atoms with E-state index < -0.39 is 0 Å². The molecule has 1 rings (SSSR count). The molecule has 0 radical (unpaired) electrons. The van der Waals surface area contributed by atoms with E-state index in [1.807, 2.05) is 7.05 Å². The summed E-state index contributed by atoms with van der Waals surface area (Å²) in [5.74, 6) is 6.71. The van der Waals surface area contributed by atoms with Gasteiger partial charge in [0.05, 0.1) is 12.4 Å². The summed E-state index contributed by atoms with van der Waals surface area (Å²) in [6.07, 6.45) is 5.64. The topological polar surface area (TPSA) is 67.1 Å². The molecular formula is C10H19N5. The van der Waals surface area contributed by atoms with Crippen molar-refractivity contribution in [2.24, 2.45) is 5.84 Å². The summed E-state index contributed by atoms with van der Waals surface area (Å²) in [5, 5.41) is 0. The largest absolute Gasteiger partial charge is 0.356 e. The van der Waals surface area contributed by atoms with Gasteiger partial charge in [0, 0.05) is 13.1 Å². The minimum atomic E-state index is 0.456. The molecule has 1 atom stereocenters. The van der Waals surface area contributed by atoms with Crippen LogP contribution in [0.1, 0.15) is 26.7 Å². The Morgan fingerprint density at radius 1 is 1.53 bits per heavy atom. The van der Waals surface area contributed by atoms with Crippen LogP contribution in [0.25, 0.3) is 0 Å². The molecule has 0 spiro atoms. The maximum atomic E-state index is 5.28. The summed E-state index contributed by atoms with van der Waals surface area (Å²) in [6.45, 7) is 4.35. The molecule has 1 aromatic heterocycles. The Bertz CT molecular complexity index is 302. The second kappa shape index (κ2) is 5.50. The molecule has 1 unspecified atom stereocenters. The Kier molecular flexibility index (Phi) is 4.30. The molecular weight excluding hydrogens is 190 g/mol. The maximum absolute atomic E-state index is 5.28. The van der Waals surface area contributed by atoms with Gasteiger partial charge < -0.3 is 10.3 Å². The predicted octanol–water partition coefficient (Wildman–Crippen LogP) is 1.39. The van der Waals surface area contributed by atoms with Crippen molar-refractivity contribution in [3.63, 3.8) is 0 Å². The van der Waals surface area contributed by atoms with Crippen LogP contribution in [0.2, 0.25) is 0 Å². The number of aromatic nitrogens is 2. The van der Waals surface area contributed by atoms with E-state index in [1.165, 1.54) is 0 Å². The van der Waals surface area contributed by atoms with Crippen molar-refractivity contribution in [1.82, 2.24) is 9.97 Å². The molecule has 0 aliphatic rings. The number of nitrogens with two attached hydrogens (primary N) is 1. The van der Waals surface area contributed by atoms with Crippen molar-refractivity contribution in [2.75, 3.05) is 17.4 Å². The minimum Gasteiger partial charge on any atom is -0.356 e. The van der Waals surface area contributed by atoms with Gasteiger partial charge in [0.25, 0.3) is 0 Å². The highest BCUT2D eigenvalue weighted by Crippen LogP contribution is 2.15. The van der Waals surface area contributed by atoms with Gasteiger partial charge in [0.15, 0.2) is 5.82 Å². The van der Waals surface area contributed by atoms with Crippen molar-refractivity contribution >= 4 is 11.6 Å². The summed E-state index contributed by atoms with van der Waals surface area (Å²) < 4.78 is 0. The third-order valence-electron chi connectivity index (χ3n) is 2.50. The lowest BCUT2D eigenvalue weighted by atomic mass is 10.2. The van der Waals surface area contributed by atoms with Crippen LogP contribution in [0.5, 0.6) is 0 Å². The monoisotopic (exact) mass is 209 g/mol. The second-order valence-corrected chi connectivity index (χ2v) is 3.66. The number of nitrogen functional groups attached to an aromatic ring is 1. The van der Waals surface area contributed by atoms with E-state index in [4.69, 9.17) is 5.84 Å². The van der Waals surface area contributed by atoms with E-state index in [1.54, 1.807) is 12.4 Å². The van der Waals surface area contributed by atoms with Gasteiger partial charge in [0.1, 0.15) is 5.82 Å². The molecule has 1 aromatic rings. The van der Waals surface area contributed by atoms with E-state index in [-0.39, 0.29) is 0 Å². The molecule has 0 aliphatic heterocycles. The Morgan fingerprint density at radius 2 is 2.27 bits per heavy atom. The molecule has 0 saturated carbocycles. The molecule has 3 N–H and O–H groups in total. The summed E-state index contributed by atoms with van der Waals surface area (Å²) in [7, 11) is 2.02. The quantitative estimate of drug-likeness (QED) is 0.566. The second-order valence-electron chi connectivity index (χ2n) is 3.66. The van der Waals surface area contributed by atoms with Crippen LogP contribution in [-0.2, 0) is 0 Å². The van der Waals surface area contributed by atoms with Crippen molar-refractivity contribution in [3.8, 4) is 0 Å². The van der Waals surface area contributed by atoms with E-state index in [0.29, 0.717) is 11.9 Å². The van der Waals surface area contributed by atoms with Gasteiger partial charge in [-0.3, -0.25) is 4.98 Å². The van der Waals surface area contributed by atoms with Gasteiger partial charge in [-0.05, 0) is 13.3 Å². The summed E-state index contributed by atoms with van der Waals surface area (Å²) in [5.41, 5.74) is 2.49. The van der Waals surface area contributed by atoms with Crippen LogP contribution < -0.4 is 16.2 Å². The predicted molar refractivity (Wildman–Crippen MR) is 62.6 cm³/mol.